The number of rotatable bonds is 8. The van der Waals surface area contributed by atoms with E-state index in [-0.39, 0.29) is 0 Å². The Morgan fingerprint density at radius 2 is 1.79 bits per heavy atom. The highest BCUT2D eigenvalue weighted by atomic mass is 32.2. The molecule has 1 aromatic carbocycles. The summed E-state index contributed by atoms with van der Waals surface area (Å²) in [5, 5.41) is 9.79. The maximum Gasteiger partial charge on any atom is 0.191 e. The molecule has 0 amide bonds. The summed E-state index contributed by atoms with van der Waals surface area (Å²) in [5.41, 5.74) is 2.30. The van der Waals surface area contributed by atoms with Crippen LogP contribution in [-0.4, -0.2) is 29.3 Å². The number of benzene rings is 1. The van der Waals surface area contributed by atoms with Crippen molar-refractivity contribution in [2.75, 3.05) is 0 Å². The summed E-state index contributed by atoms with van der Waals surface area (Å²) in [5.74, 6) is 2.67. The first-order valence-corrected chi connectivity index (χ1v) is 10.3. The molecule has 4 rings (SSSR count). The van der Waals surface area contributed by atoms with Crippen LogP contribution in [0.15, 0.2) is 72.4 Å². The lowest BCUT2D eigenvalue weighted by molar-refractivity contribution is 0.626. The molecule has 0 atom stereocenters. The lowest BCUT2D eigenvalue weighted by atomic mass is 10.2. The van der Waals surface area contributed by atoms with E-state index in [4.69, 9.17) is 0 Å². The van der Waals surface area contributed by atoms with Crippen molar-refractivity contribution in [1.29, 1.82) is 0 Å². The zero-order chi connectivity index (χ0) is 19.2. The molecule has 0 unspecified atom stereocenters. The van der Waals surface area contributed by atoms with Gasteiger partial charge in [-0.2, -0.15) is 0 Å². The minimum atomic E-state index is 0.748. The van der Waals surface area contributed by atoms with Gasteiger partial charge >= 0.3 is 0 Å². The van der Waals surface area contributed by atoms with Gasteiger partial charge in [-0.3, -0.25) is 4.98 Å². The van der Waals surface area contributed by atoms with Gasteiger partial charge in [0.15, 0.2) is 11.0 Å². The van der Waals surface area contributed by atoms with Crippen molar-refractivity contribution in [1.82, 2.24) is 29.3 Å². The minimum Gasteiger partial charge on any atom is -0.330 e. The molecule has 0 aliphatic rings. The maximum atomic E-state index is 4.54. The number of thioether (sulfide) groups is 1. The van der Waals surface area contributed by atoms with Crippen LogP contribution in [0.5, 0.6) is 0 Å². The molecule has 0 aliphatic heterocycles. The largest absolute Gasteiger partial charge is 0.330 e. The van der Waals surface area contributed by atoms with Gasteiger partial charge in [0, 0.05) is 43.4 Å². The average molecular weight is 391 g/mol. The summed E-state index contributed by atoms with van der Waals surface area (Å²) in [4.78, 5) is 8.64. The van der Waals surface area contributed by atoms with E-state index in [0.717, 1.165) is 47.6 Å². The van der Waals surface area contributed by atoms with Crippen LogP contribution in [0.1, 0.15) is 24.7 Å². The fourth-order valence-corrected chi connectivity index (χ4v) is 4.00. The van der Waals surface area contributed by atoms with Crippen molar-refractivity contribution in [2.45, 2.75) is 37.3 Å². The highest BCUT2D eigenvalue weighted by Gasteiger charge is 2.15. The van der Waals surface area contributed by atoms with Gasteiger partial charge in [0.05, 0.1) is 5.75 Å². The predicted octanol–water partition coefficient (Wildman–Crippen LogP) is 4.29. The van der Waals surface area contributed by atoms with Crippen LogP contribution < -0.4 is 0 Å². The Labute approximate surface area is 168 Å². The second-order valence-corrected chi connectivity index (χ2v) is 7.38. The molecule has 4 aromatic rings. The zero-order valence-electron chi connectivity index (χ0n) is 15.8. The molecule has 7 heteroatoms. The molecule has 142 valence electrons. The van der Waals surface area contributed by atoms with Gasteiger partial charge in [-0.15, -0.1) is 10.2 Å². The Morgan fingerprint density at radius 3 is 2.57 bits per heavy atom. The van der Waals surface area contributed by atoms with E-state index >= 15 is 0 Å². The maximum absolute atomic E-state index is 4.54. The second-order valence-electron chi connectivity index (χ2n) is 6.44. The fourth-order valence-electron chi connectivity index (χ4n) is 3.07. The molecule has 28 heavy (non-hydrogen) atoms. The molecule has 0 aliphatic carbocycles. The number of pyridine rings is 1. The monoisotopic (exact) mass is 390 g/mol. The molecule has 0 saturated heterocycles. The van der Waals surface area contributed by atoms with Gasteiger partial charge in [-0.05, 0) is 24.1 Å². The van der Waals surface area contributed by atoms with Gasteiger partial charge in [-0.25, -0.2) is 4.98 Å². The SMILES string of the molecule is CCCn1c(SCc2nccn2Cc2ccccc2)nnc1-c1ccncc1. The molecular weight excluding hydrogens is 368 g/mol. The summed E-state index contributed by atoms with van der Waals surface area (Å²) >= 11 is 1.68. The molecule has 0 saturated carbocycles. The molecule has 0 N–H and O–H groups in total. The Kier molecular flexibility index (Phi) is 5.82. The molecule has 3 aromatic heterocycles. The first-order chi connectivity index (χ1) is 13.8. The first-order valence-electron chi connectivity index (χ1n) is 9.35. The third-order valence-electron chi connectivity index (χ3n) is 4.43. The molecule has 0 spiro atoms. The van der Waals surface area contributed by atoms with E-state index < -0.39 is 0 Å². The number of hydrogen-bond acceptors (Lipinski definition) is 5. The second kappa shape index (κ2) is 8.84. The van der Waals surface area contributed by atoms with E-state index in [2.05, 4.69) is 60.5 Å². The van der Waals surface area contributed by atoms with Crippen molar-refractivity contribution in [3.8, 4) is 11.4 Å². The quantitative estimate of drug-likeness (QED) is 0.420. The van der Waals surface area contributed by atoms with Gasteiger partial charge in [0.2, 0.25) is 0 Å². The number of nitrogens with zero attached hydrogens (tertiary/aromatic N) is 6. The van der Waals surface area contributed by atoms with E-state index in [1.54, 1.807) is 24.2 Å². The van der Waals surface area contributed by atoms with Crippen molar-refractivity contribution < 1.29 is 0 Å². The molecular formula is C21H22N6S. The number of aromatic nitrogens is 6. The van der Waals surface area contributed by atoms with Crippen LogP contribution in [0.25, 0.3) is 11.4 Å². The van der Waals surface area contributed by atoms with Crippen molar-refractivity contribution in [2.24, 2.45) is 0 Å². The number of hydrogen-bond donors (Lipinski definition) is 0. The molecule has 0 fully saturated rings. The summed E-state index contributed by atoms with van der Waals surface area (Å²) in [6.45, 7) is 3.86. The Balaban J connectivity index is 1.52. The van der Waals surface area contributed by atoms with Crippen LogP contribution in [0.2, 0.25) is 0 Å². The summed E-state index contributed by atoms with van der Waals surface area (Å²) in [6, 6.07) is 14.4. The smallest absolute Gasteiger partial charge is 0.191 e. The Hall–Kier alpha value is -2.93. The van der Waals surface area contributed by atoms with Crippen LogP contribution >= 0.6 is 11.8 Å². The highest BCUT2D eigenvalue weighted by molar-refractivity contribution is 7.98. The first kappa shape index (κ1) is 18.4. The van der Waals surface area contributed by atoms with E-state index in [1.165, 1.54) is 5.56 Å². The molecule has 0 radical (unpaired) electrons. The van der Waals surface area contributed by atoms with Gasteiger partial charge in [0.25, 0.3) is 0 Å². The van der Waals surface area contributed by atoms with Crippen LogP contribution in [0.4, 0.5) is 0 Å². The predicted molar refractivity (Wildman–Crippen MR) is 111 cm³/mol. The minimum absolute atomic E-state index is 0.748. The van der Waals surface area contributed by atoms with E-state index in [0.29, 0.717) is 0 Å². The molecule has 6 nitrogen and oxygen atoms in total. The standard InChI is InChI=1S/C21H22N6S/c1-2-13-27-20(18-8-10-22-11-9-18)24-25-21(27)28-16-19-23-12-14-26(19)15-17-6-4-3-5-7-17/h3-12,14H,2,13,15-16H2,1H3. The Morgan fingerprint density at radius 1 is 0.964 bits per heavy atom. The lowest BCUT2D eigenvalue weighted by Gasteiger charge is -2.10. The molecule has 0 bridgehead atoms. The summed E-state index contributed by atoms with van der Waals surface area (Å²) in [6.07, 6.45) is 8.48. The van der Waals surface area contributed by atoms with Crippen LogP contribution in [-0.2, 0) is 18.8 Å². The fraction of sp³-hybridized carbons (Fsp3) is 0.238. The summed E-state index contributed by atoms with van der Waals surface area (Å²) < 4.78 is 4.37. The van der Waals surface area contributed by atoms with E-state index in [1.807, 2.05) is 30.6 Å². The highest BCUT2D eigenvalue weighted by Crippen LogP contribution is 2.26. The normalized spacial score (nSPS) is 11.0. The van der Waals surface area contributed by atoms with Crippen LogP contribution in [0, 0.1) is 0 Å². The van der Waals surface area contributed by atoms with Gasteiger partial charge < -0.3 is 9.13 Å². The van der Waals surface area contributed by atoms with Crippen molar-refractivity contribution in [3.63, 3.8) is 0 Å². The van der Waals surface area contributed by atoms with Gasteiger partial charge in [0.1, 0.15) is 5.82 Å². The number of imidazole rings is 1. The van der Waals surface area contributed by atoms with Crippen molar-refractivity contribution >= 4 is 11.8 Å². The van der Waals surface area contributed by atoms with Gasteiger partial charge in [-0.1, -0.05) is 49.0 Å². The Bertz CT molecular complexity index is 1010. The third-order valence-corrected chi connectivity index (χ3v) is 5.39. The lowest BCUT2D eigenvalue weighted by Crippen LogP contribution is -2.05. The summed E-state index contributed by atoms with van der Waals surface area (Å²) in [7, 11) is 0. The van der Waals surface area contributed by atoms with Crippen molar-refractivity contribution in [3.05, 3.63) is 78.6 Å². The van der Waals surface area contributed by atoms with E-state index in [9.17, 15) is 0 Å². The molecule has 3 heterocycles. The van der Waals surface area contributed by atoms with Crippen LogP contribution in [0.3, 0.4) is 0 Å². The topological polar surface area (TPSA) is 61.4 Å². The zero-order valence-corrected chi connectivity index (χ0v) is 16.6. The average Bonchev–Trinajstić information content (AvgIpc) is 3.35. The third kappa shape index (κ3) is 4.14.